The third kappa shape index (κ3) is 6.14. The first-order chi connectivity index (χ1) is 22.1. The zero-order valence-electron chi connectivity index (χ0n) is 26.4. The van der Waals surface area contributed by atoms with Crippen LogP contribution in [0.5, 0.6) is 5.75 Å². The van der Waals surface area contributed by atoms with E-state index in [0.29, 0.717) is 24.3 Å². The summed E-state index contributed by atoms with van der Waals surface area (Å²) in [7, 11) is 3.49. The molecule has 10 nitrogen and oxygen atoms in total. The normalized spacial score (nSPS) is 19.9. The predicted octanol–water partition coefficient (Wildman–Crippen LogP) is 5.29. The fraction of sp³-hybridized carbons (Fsp3) is 0.457. The quantitative estimate of drug-likeness (QED) is 0.206. The second-order valence-electron chi connectivity index (χ2n) is 12.5. The summed E-state index contributed by atoms with van der Waals surface area (Å²) < 4.78 is 13.2. The van der Waals surface area contributed by atoms with Crippen LogP contribution >= 0.6 is 0 Å². The second kappa shape index (κ2) is 13.2. The summed E-state index contributed by atoms with van der Waals surface area (Å²) in [4.78, 5) is 22.9. The molecule has 10 heteroatoms. The number of imidazole rings is 1. The molecule has 1 saturated heterocycles. The van der Waals surface area contributed by atoms with Crippen LogP contribution in [0.2, 0.25) is 0 Å². The molecule has 0 bridgehead atoms. The Labute approximate surface area is 264 Å². The van der Waals surface area contributed by atoms with E-state index in [1.807, 2.05) is 18.2 Å². The van der Waals surface area contributed by atoms with Gasteiger partial charge in [0.1, 0.15) is 29.4 Å². The molecule has 0 radical (unpaired) electrons. The molecular formula is C35H44N8O2. The number of para-hydroxylation sites is 1. The zero-order chi connectivity index (χ0) is 30.8. The van der Waals surface area contributed by atoms with E-state index >= 15 is 0 Å². The van der Waals surface area contributed by atoms with E-state index in [2.05, 4.69) is 54.8 Å². The van der Waals surface area contributed by atoms with Crippen molar-refractivity contribution in [3.8, 4) is 16.9 Å². The lowest BCUT2D eigenvalue weighted by molar-refractivity contribution is 0.0671. The summed E-state index contributed by atoms with van der Waals surface area (Å²) in [6, 6.07) is 15.5. The highest BCUT2D eigenvalue weighted by molar-refractivity contribution is 6.01. The van der Waals surface area contributed by atoms with Gasteiger partial charge in [-0.25, -0.2) is 15.0 Å². The molecule has 1 saturated carbocycles. The number of nitrogens with zero attached hydrogens (tertiary/aromatic N) is 6. The summed E-state index contributed by atoms with van der Waals surface area (Å²) in [5.41, 5.74) is 12.6. The molecule has 3 N–H and O–H groups in total. The highest BCUT2D eigenvalue weighted by atomic mass is 16.5. The van der Waals surface area contributed by atoms with Crippen molar-refractivity contribution in [3.05, 3.63) is 66.4 Å². The van der Waals surface area contributed by atoms with Gasteiger partial charge in [0.2, 0.25) is 0 Å². The summed E-state index contributed by atoms with van der Waals surface area (Å²) in [5.74, 6) is 2.29. The molecule has 2 aliphatic rings. The Hall–Kier alpha value is -3.99. The molecule has 2 aromatic carbocycles. The Balaban J connectivity index is 1.08. The number of benzene rings is 2. The molecule has 3 aromatic heterocycles. The van der Waals surface area contributed by atoms with Crippen LogP contribution in [0.15, 0.2) is 55.0 Å². The standard InChI is InChI=1S/C35H44N8O2/c1-44-19-5-14-41-15-17-42(18-16-41)26-9-11-27(12-10-26)43-22-28(33-34(36)37-23-38-35(33)43)24-8-13-29-30(20-24)40-32(39-29)21-25-6-3-4-7-31(25)45-2/h3-4,6-8,13,20,22-23,26-27H,5,9-12,14-19,21H2,1-2H3,(H,39,40)(H2,36,37,38)/t26-,27+. The van der Waals surface area contributed by atoms with Crippen molar-refractivity contribution in [1.82, 2.24) is 34.3 Å². The van der Waals surface area contributed by atoms with Crippen LogP contribution in [0.25, 0.3) is 33.2 Å². The third-order valence-corrected chi connectivity index (χ3v) is 9.84. The van der Waals surface area contributed by atoms with Gasteiger partial charge in [-0.15, -0.1) is 0 Å². The summed E-state index contributed by atoms with van der Waals surface area (Å²) >= 11 is 0. The number of hydrogen-bond donors (Lipinski definition) is 2. The molecule has 5 aromatic rings. The van der Waals surface area contributed by atoms with E-state index in [0.717, 1.165) is 95.8 Å². The number of nitrogen functional groups attached to an aromatic ring is 1. The lowest BCUT2D eigenvalue weighted by atomic mass is 9.89. The lowest BCUT2D eigenvalue weighted by Crippen LogP contribution is -2.51. The van der Waals surface area contributed by atoms with Crippen molar-refractivity contribution < 1.29 is 9.47 Å². The molecule has 236 valence electrons. The van der Waals surface area contributed by atoms with Crippen LogP contribution in [-0.2, 0) is 11.2 Å². The molecular weight excluding hydrogens is 564 g/mol. The molecule has 45 heavy (non-hydrogen) atoms. The molecule has 0 atom stereocenters. The van der Waals surface area contributed by atoms with Crippen LogP contribution in [0.1, 0.15) is 49.5 Å². The molecule has 1 aliphatic carbocycles. The van der Waals surface area contributed by atoms with Crippen LogP contribution in [-0.4, -0.2) is 93.9 Å². The van der Waals surface area contributed by atoms with Gasteiger partial charge in [0.05, 0.1) is 23.5 Å². The average Bonchev–Trinajstić information content (AvgIpc) is 3.67. The maximum absolute atomic E-state index is 6.52. The number of hydrogen-bond acceptors (Lipinski definition) is 8. The molecule has 2 fully saturated rings. The van der Waals surface area contributed by atoms with E-state index in [4.69, 9.17) is 25.2 Å². The highest BCUT2D eigenvalue weighted by Crippen LogP contribution is 2.39. The van der Waals surface area contributed by atoms with Gasteiger partial charge in [-0.3, -0.25) is 4.90 Å². The first kappa shape index (κ1) is 29.7. The Morgan fingerprint density at radius 2 is 1.76 bits per heavy atom. The van der Waals surface area contributed by atoms with Crippen LogP contribution < -0.4 is 10.5 Å². The summed E-state index contributed by atoms with van der Waals surface area (Å²) in [6.07, 6.45) is 10.3. The fourth-order valence-electron chi connectivity index (χ4n) is 7.43. The van der Waals surface area contributed by atoms with Crippen LogP contribution in [0.4, 0.5) is 5.82 Å². The fourth-order valence-corrected chi connectivity index (χ4v) is 7.43. The molecule has 1 aliphatic heterocycles. The first-order valence-electron chi connectivity index (χ1n) is 16.3. The first-order valence-corrected chi connectivity index (χ1v) is 16.3. The minimum absolute atomic E-state index is 0.392. The number of piperazine rings is 1. The van der Waals surface area contributed by atoms with Gasteiger partial charge >= 0.3 is 0 Å². The number of ether oxygens (including phenoxy) is 2. The summed E-state index contributed by atoms with van der Waals surface area (Å²) in [5, 5.41) is 0.924. The van der Waals surface area contributed by atoms with E-state index < -0.39 is 0 Å². The number of anilines is 1. The molecule has 0 amide bonds. The highest BCUT2D eigenvalue weighted by Gasteiger charge is 2.30. The van der Waals surface area contributed by atoms with E-state index in [-0.39, 0.29) is 0 Å². The van der Waals surface area contributed by atoms with Gasteiger partial charge in [0, 0.05) is 82.3 Å². The maximum Gasteiger partial charge on any atom is 0.146 e. The Kier molecular flexibility index (Phi) is 8.69. The largest absolute Gasteiger partial charge is 0.496 e. The maximum atomic E-state index is 6.52. The smallest absolute Gasteiger partial charge is 0.146 e. The van der Waals surface area contributed by atoms with Gasteiger partial charge in [-0.05, 0) is 55.9 Å². The number of aromatic amines is 1. The van der Waals surface area contributed by atoms with E-state index in [1.54, 1.807) is 20.5 Å². The number of nitrogens with one attached hydrogen (secondary N) is 1. The van der Waals surface area contributed by atoms with Gasteiger partial charge in [-0.2, -0.15) is 0 Å². The number of aromatic nitrogens is 5. The molecule has 0 unspecified atom stereocenters. The molecule has 4 heterocycles. The minimum Gasteiger partial charge on any atom is -0.496 e. The number of nitrogens with two attached hydrogens (primary N) is 1. The van der Waals surface area contributed by atoms with Gasteiger partial charge in [-0.1, -0.05) is 24.3 Å². The van der Waals surface area contributed by atoms with Gasteiger partial charge in [0.25, 0.3) is 0 Å². The average molecular weight is 609 g/mol. The third-order valence-electron chi connectivity index (χ3n) is 9.84. The van der Waals surface area contributed by atoms with Crippen molar-refractivity contribution >= 4 is 27.9 Å². The Morgan fingerprint density at radius 3 is 2.56 bits per heavy atom. The van der Waals surface area contributed by atoms with Crippen molar-refractivity contribution in [2.75, 3.05) is 59.3 Å². The van der Waals surface area contributed by atoms with Gasteiger partial charge in [0.15, 0.2) is 0 Å². The van der Waals surface area contributed by atoms with Crippen molar-refractivity contribution in [3.63, 3.8) is 0 Å². The van der Waals surface area contributed by atoms with E-state index in [9.17, 15) is 0 Å². The predicted molar refractivity (Wildman–Crippen MR) is 179 cm³/mol. The van der Waals surface area contributed by atoms with E-state index in [1.165, 1.54) is 25.9 Å². The Morgan fingerprint density at radius 1 is 0.956 bits per heavy atom. The Bertz CT molecular complexity index is 1750. The monoisotopic (exact) mass is 608 g/mol. The number of fused-ring (bicyclic) bond motifs is 2. The second-order valence-corrected chi connectivity index (χ2v) is 12.5. The number of rotatable bonds is 10. The number of methoxy groups -OCH3 is 2. The topological polar surface area (TPSA) is 110 Å². The van der Waals surface area contributed by atoms with Crippen molar-refractivity contribution in [2.45, 2.75) is 50.6 Å². The van der Waals surface area contributed by atoms with Crippen LogP contribution in [0, 0.1) is 0 Å². The van der Waals surface area contributed by atoms with Gasteiger partial charge < -0.3 is 29.7 Å². The molecule has 7 rings (SSSR count). The molecule has 0 spiro atoms. The minimum atomic E-state index is 0.392. The zero-order valence-corrected chi connectivity index (χ0v) is 26.4. The van der Waals surface area contributed by atoms with Crippen molar-refractivity contribution in [1.29, 1.82) is 0 Å². The lowest BCUT2D eigenvalue weighted by Gasteiger charge is -2.42. The van der Waals surface area contributed by atoms with Crippen molar-refractivity contribution in [2.24, 2.45) is 0 Å². The summed E-state index contributed by atoms with van der Waals surface area (Å²) in [6.45, 7) is 6.64. The number of H-pyrrole nitrogens is 1. The SMILES string of the molecule is COCCCN1CCN([C@H]2CC[C@@H](n3cc(-c4ccc5[nH]c(Cc6ccccc6OC)nc5c4)c4c(N)ncnc43)CC2)CC1. The van der Waals surface area contributed by atoms with Crippen LogP contribution in [0.3, 0.4) is 0 Å².